The minimum atomic E-state index is -2.50. The summed E-state index contributed by atoms with van der Waals surface area (Å²) in [5.74, 6) is -18.5. The SMILES string of the molecule is CC(=O)O[C@H]1C(=O)[C@@]2(C)[C@H]([C@H](OC(=O)c3ccccc3)[C@]3(O)CC(OC(=O)[C@H](OC(=O)CCC(=O)O)C(NC(=O)c4ccccc4)c4ccccc4)C(C)=C1C3(C)C)[C@]1(OC(C)=O)CO[C@@H]1C[C@@H]2O.CCCOCCOCCNC(=O)CCC(=O)O[C@@H](C(=O)OC1C[C@@]2(O)[C@@H](OC(=O)c3ccccc3)[C@@H]3[C@]4(OC(C)=O)CO[C@@H]4C[C@H](O)[C@@]3(C)C(=O)[C@H](OC(C)=O)C(=C1C)C2(C)C)C(NC(=O)c1ccccc1)c1ccccc1. The maximum atomic E-state index is 15.8. The van der Waals surface area contributed by atoms with Crippen LogP contribution in [-0.4, -0.2) is 262 Å². The molecule has 6 aromatic rings. The zero-order valence-electron chi connectivity index (χ0n) is 83.9. The van der Waals surface area contributed by atoms with Crippen molar-refractivity contribution >= 4 is 95.0 Å². The van der Waals surface area contributed by atoms with Gasteiger partial charge in [0.25, 0.3) is 11.8 Å². The molecular weight excluding hydrogens is 1910 g/mol. The first-order valence-corrected chi connectivity index (χ1v) is 48.7. The van der Waals surface area contributed by atoms with Gasteiger partial charge in [0.15, 0.2) is 35.0 Å². The fraction of sp³-hybridized carbons (Fsp3) is 0.486. The Labute approximate surface area is 848 Å². The molecule has 6 fully saturated rings. The molecule has 2 aliphatic heterocycles. The van der Waals surface area contributed by atoms with Crippen LogP contribution in [0, 0.1) is 33.5 Å². The van der Waals surface area contributed by atoms with Gasteiger partial charge in [0.05, 0.1) is 98.3 Å². The second kappa shape index (κ2) is 45.8. The van der Waals surface area contributed by atoms with Gasteiger partial charge in [0.1, 0.15) is 59.9 Å². The fourth-order valence-electron chi connectivity index (χ4n) is 22.2. The molecule has 147 heavy (non-hydrogen) atoms. The number of Topliss-reactive ketones (excluding diaryl/α,β-unsaturated/α-hetero) is 2. The molecule has 0 spiro atoms. The molecule has 0 radical (unpaired) electrons. The van der Waals surface area contributed by atoms with E-state index in [1.54, 1.807) is 133 Å². The van der Waals surface area contributed by atoms with Crippen LogP contribution in [0.15, 0.2) is 204 Å². The van der Waals surface area contributed by atoms with Crippen LogP contribution in [-0.2, 0) is 124 Å². The molecule has 6 aliphatic carbocycles. The number of aliphatic carboxylic acids is 1. The third-order valence-corrected chi connectivity index (χ3v) is 29.8. The van der Waals surface area contributed by atoms with Crippen LogP contribution in [0.2, 0.25) is 0 Å². The summed E-state index contributed by atoms with van der Waals surface area (Å²) in [5.41, 5.74) is -15.5. The Bertz CT molecular complexity index is 5980. The minimum absolute atomic E-state index is 0.0221. The van der Waals surface area contributed by atoms with Gasteiger partial charge in [-0.05, 0) is 116 Å². The average Bonchev–Trinajstić information content (AvgIpc) is 0.669. The number of nitrogens with one attached hydrogen (secondary N) is 3. The number of benzene rings is 6. The molecule has 786 valence electrons. The molecule has 4 bridgehead atoms. The average molecular weight is 2040 g/mol. The highest BCUT2D eigenvalue weighted by Crippen LogP contribution is 2.67. The number of carboxylic acids is 1. The Hall–Kier alpha value is -13.6. The Morgan fingerprint density at radius 3 is 1.10 bits per heavy atom. The minimum Gasteiger partial charge on any atom is -0.481 e. The summed E-state index contributed by atoms with van der Waals surface area (Å²) >= 11 is 0. The van der Waals surface area contributed by atoms with Gasteiger partial charge in [-0.2, -0.15) is 0 Å². The number of aliphatic hydroxyl groups excluding tert-OH is 2. The van der Waals surface area contributed by atoms with Crippen LogP contribution in [0.25, 0.3) is 0 Å². The topological polar surface area (TPSA) is 540 Å². The number of esters is 10. The number of carbonyl (C=O) groups excluding carboxylic acids is 15. The van der Waals surface area contributed by atoms with Crippen molar-refractivity contribution in [1.29, 1.82) is 0 Å². The lowest BCUT2D eigenvalue weighted by atomic mass is 9.44. The van der Waals surface area contributed by atoms with Gasteiger partial charge in [-0.1, -0.05) is 168 Å². The normalized spacial score (nSPS) is 28.6. The van der Waals surface area contributed by atoms with Crippen molar-refractivity contribution in [2.75, 3.05) is 46.2 Å². The first kappa shape index (κ1) is 111. The zero-order valence-corrected chi connectivity index (χ0v) is 83.9. The second-order valence-electron chi connectivity index (χ2n) is 39.6. The van der Waals surface area contributed by atoms with Gasteiger partial charge in [-0.3, -0.25) is 57.5 Å². The predicted molar refractivity (Wildman–Crippen MR) is 514 cm³/mol. The van der Waals surface area contributed by atoms with Crippen LogP contribution in [0.5, 0.6) is 0 Å². The maximum Gasteiger partial charge on any atom is 0.350 e. The summed E-state index contributed by atoms with van der Waals surface area (Å²) in [6.45, 7) is 19.1. The molecule has 8 aliphatic rings. The highest BCUT2D eigenvalue weighted by molar-refractivity contribution is 5.99. The highest BCUT2D eigenvalue weighted by atomic mass is 16.7. The van der Waals surface area contributed by atoms with Gasteiger partial charge in [0.2, 0.25) is 18.1 Å². The van der Waals surface area contributed by atoms with Gasteiger partial charge >= 0.3 is 65.7 Å². The van der Waals surface area contributed by atoms with E-state index < -0.39 is 268 Å². The van der Waals surface area contributed by atoms with Gasteiger partial charge in [0, 0.05) is 94.9 Å². The first-order chi connectivity index (χ1) is 69.7. The number of hydrogen-bond acceptors (Lipinski definition) is 34. The molecule has 38 nitrogen and oxygen atoms in total. The van der Waals surface area contributed by atoms with E-state index in [4.69, 9.17) is 66.3 Å². The lowest BCUT2D eigenvalue weighted by Crippen LogP contribution is -2.82. The zero-order chi connectivity index (χ0) is 107. The van der Waals surface area contributed by atoms with E-state index >= 15 is 19.2 Å². The van der Waals surface area contributed by atoms with Gasteiger partial charge in [-0.15, -0.1) is 0 Å². The number of ketones is 2. The second-order valence-corrected chi connectivity index (χ2v) is 39.6. The number of carbonyl (C=O) groups is 16. The number of hydrogen-bond donors (Lipinski definition) is 8. The van der Waals surface area contributed by atoms with E-state index in [2.05, 4.69) is 16.0 Å². The van der Waals surface area contributed by atoms with Gasteiger partial charge in [-0.25, -0.2) is 19.2 Å². The van der Waals surface area contributed by atoms with E-state index in [9.17, 15) is 83.1 Å². The standard InChI is InChI=1S/C58H70N2O18.C51H55NO17/c1-8-27-71-29-30-72-28-26-59-43(64)24-25-44(65)76-48(46(37-18-12-9-13-19-37)60-52(67)38-20-14-10-15-21-38)54(69)75-40-32-58(70)51(77-53(68)39-22-16-11-17-23-39)49-56(7,41(63)31-42-57(49,33-73-42)78-36(4)62)50(66)47(74-35(3)61)45(34(40)2)55(58,5)6;1-27-33(66-47(62)41(67-37(58)23-22-36(56)57)39(30-16-10-7-11-17-30)52-45(60)31-18-12-8-13-19-31)25-51(63)44(68-46(61)32-20-14-9-15-21-32)42-49(6,34(55)24-35-50(42,26-64-35)69-29(3)54)43(59)40(65-28(2)53)38(27)48(51,4)5/h9-23,40-42,46-49,51,63,70H,8,24-33H2,1-7H3,(H,59,64)(H,60,67);7-21,33-35,39-42,44,55,63H,22-26H2,1-6H3,(H,52,60)(H,56,57)/t40?,41-,42+,46?,47+,48+,49-,51-,56+,57-,58+;33?,34-,35+,39?,40+,41+,42-,44-,49+,50-,51+/m00/s1. The van der Waals surface area contributed by atoms with E-state index in [1.165, 1.54) is 104 Å². The summed E-state index contributed by atoms with van der Waals surface area (Å²) in [6, 6.07) is 44.5. The fourth-order valence-corrected chi connectivity index (χ4v) is 22.2. The van der Waals surface area contributed by atoms with Crippen molar-refractivity contribution in [3.63, 3.8) is 0 Å². The van der Waals surface area contributed by atoms with Crippen molar-refractivity contribution in [3.8, 4) is 0 Å². The number of amides is 3. The molecule has 2 saturated heterocycles. The molecular formula is C109H125N3O35. The third kappa shape index (κ3) is 22.5. The molecule has 6 aromatic carbocycles. The van der Waals surface area contributed by atoms with Crippen LogP contribution in [0.3, 0.4) is 0 Å². The first-order valence-electron chi connectivity index (χ1n) is 48.7. The molecule has 38 heteroatoms. The summed E-state index contributed by atoms with van der Waals surface area (Å²) in [6.07, 6.45) is -23.5. The van der Waals surface area contributed by atoms with E-state index in [-0.39, 0.29) is 101 Å². The van der Waals surface area contributed by atoms with Crippen molar-refractivity contribution < 1.29 is 169 Å². The predicted octanol–water partition coefficient (Wildman–Crippen LogP) is 8.78. The Kier molecular flexibility index (Phi) is 34.5. The number of ether oxygens (including phenoxy) is 14. The molecule has 4 saturated carbocycles. The number of aliphatic hydroxyl groups is 4. The Morgan fingerprint density at radius 1 is 0.429 bits per heavy atom. The molecule has 14 rings (SSSR count). The molecule has 22 atom stereocenters. The summed E-state index contributed by atoms with van der Waals surface area (Å²) < 4.78 is 84.0. The van der Waals surface area contributed by atoms with Crippen LogP contribution in [0.4, 0.5) is 0 Å². The van der Waals surface area contributed by atoms with Crippen molar-refractivity contribution in [1.82, 2.24) is 16.0 Å². The van der Waals surface area contributed by atoms with E-state index in [0.29, 0.717) is 19.8 Å². The third-order valence-electron chi connectivity index (χ3n) is 29.8. The number of fused-ring (bicyclic) bond motifs is 10. The van der Waals surface area contributed by atoms with Crippen molar-refractivity contribution in [2.24, 2.45) is 33.5 Å². The maximum absolute atomic E-state index is 15.8. The number of carboxylic acid groups (broad SMARTS) is 1. The van der Waals surface area contributed by atoms with Crippen LogP contribution >= 0.6 is 0 Å². The Balaban J connectivity index is 0.000000247. The monoisotopic (exact) mass is 2040 g/mol. The summed E-state index contributed by atoms with van der Waals surface area (Å²) in [4.78, 5) is 223. The molecule has 3 amide bonds. The lowest BCUT2D eigenvalue weighted by molar-refractivity contribution is -0.346. The van der Waals surface area contributed by atoms with E-state index in [0.717, 1.165) is 34.1 Å². The van der Waals surface area contributed by atoms with Crippen molar-refractivity contribution in [3.05, 3.63) is 238 Å². The highest BCUT2D eigenvalue weighted by Gasteiger charge is 2.81. The van der Waals surface area contributed by atoms with Crippen LogP contribution < -0.4 is 16.0 Å². The summed E-state index contributed by atoms with van der Waals surface area (Å²) in [5, 5.41) is 69.9. The molecule has 2 heterocycles. The summed E-state index contributed by atoms with van der Waals surface area (Å²) in [7, 11) is 0. The van der Waals surface area contributed by atoms with Gasteiger partial charge < -0.3 is 108 Å². The van der Waals surface area contributed by atoms with Crippen molar-refractivity contribution in [2.45, 2.75) is 256 Å². The van der Waals surface area contributed by atoms with E-state index in [1.807, 2.05) is 6.92 Å². The lowest BCUT2D eigenvalue weighted by Gasteiger charge is -2.67. The molecule has 4 unspecified atom stereocenters. The Morgan fingerprint density at radius 2 is 0.769 bits per heavy atom. The molecule has 8 N–H and O–H groups in total. The molecule has 0 aromatic heterocycles. The quantitative estimate of drug-likeness (QED) is 0.00788. The van der Waals surface area contributed by atoms with Crippen LogP contribution in [0.1, 0.15) is 212 Å². The smallest absolute Gasteiger partial charge is 0.350 e. The largest absolute Gasteiger partial charge is 0.481 e. The number of rotatable bonds is 36.